The second-order valence-electron chi connectivity index (χ2n) is 13.5. The van der Waals surface area contributed by atoms with Crippen LogP contribution < -0.4 is 42.5 Å². The molecule has 0 spiro atoms. The summed E-state index contributed by atoms with van der Waals surface area (Å²) in [6.07, 6.45) is 1.33. The number of ether oxygens (including phenoxy) is 2. The molecule has 4 atom stereocenters. The van der Waals surface area contributed by atoms with Crippen molar-refractivity contribution in [1.29, 1.82) is 0 Å². The van der Waals surface area contributed by atoms with Gasteiger partial charge in [0.05, 0.1) is 38.5 Å². The molecule has 56 heavy (non-hydrogen) atoms. The minimum Gasteiger partial charge on any atom is -0.374 e. The van der Waals surface area contributed by atoms with Crippen LogP contribution in [0.5, 0.6) is 0 Å². The molecule has 3 aromatic rings. The highest BCUT2D eigenvalue weighted by Crippen LogP contribution is 2.14. The number of rotatable bonds is 22. The molecule has 0 radical (unpaired) electrons. The molecule has 3 aromatic carbocycles. The molecule has 0 aliphatic carbocycles. The molecule has 0 saturated carbocycles. The first-order chi connectivity index (χ1) is 27.2. The maximum atomic E-state index is 13.0. The minimum absolute atomic E-state index is 0.0210. The fourth-order valence-electron chi connectivity index (χ4n) is 5.60. The third-order valence-electron chi connectivity index (χ3n) is 9.09. The molecule has 16 heteroatoms. The van der Waals surface area contributed by atoms with Crippen molar-refractivity contribution >= 4 is 46.8 Å². The molecule has 0 aromatic heterocycles. The molecule has 16 nitrogen and oxygen atoms in total. The third-order valence-corrected chi connectivity index (χ3v) is 9.09. The van der Waals surface area contributed by atoms with E-state index in [1.54, 1.807) is 24.3 Å². The van der Waals surface area contributed by atoms with Gasteiger partial charge in [0.25, 0.3) is 0 Å². The van der Waals surface area contributed by atoms with Gasteiger partial charge in [-0.2, -0.15) is 0 Å². The lowest BCUT2D eigenvalue weighted by atomic mass is 10.1. The van der Waals surface area contributed by atoms with Crippen LogP contribution in [0, 0.1) is 0 Å². The summed E-state index contributed by atoms with van der Waals surface area (Å²) in [6.45, 7) is 2.03. The van der Waals surface area contributed by atoms with Gasteiger partial charge in [-0.1, -0.05) is 60.7 Å². The predicted octanol–water partition coefficient (Wildman–Crippen LogP) is 0.703. The smallest absolute Gasteiger partial charge is 0.245 e. The van der Waals surface area contributed by atoms with Gasteiger partial charge in [-0.05, 0) is 61.3 Å². The van der Waals surface area contributed by atoms with Crippen LogP contribution in [0.4, 0.5) is 11.4 Å². The second kappa shape index (κ2) is 22.0. The molecule has 2 saturated heterocycles. The van der Waals surface area contributed by atoms with Crippen molar-refractivity contribution in [3.8, 4) is 0 Å². The maximum absolute atomic E-state index is 13.0. The normalized spacial score (nSPS) is 16.8. The SMILES string of the molecule is O=C(CCNC(=O)[C@H](COCc1ccccc1)NC(=O)C1CCN1)Nc1ccc(NC(=O)CCNC(=O)[C@H](COCc2ccccc2)NC(=O)C2CCN2)cc1. The largest absolute Gasteiger partial charge is 0.374 e. The first-order valence-corrected chi connectivity index (χ1v) is 18.8. The summed E-state index contributed by atoms with van der Waals surface area (Å²) >= 11 is 0. The summed E-state index contributed by atoms with van der Waals surface area (Å²) in [5, 5.41) is 22.4. The van der Waals surface area contributed by atoms with Gasteiger partial charge in [-0.3, -0.25) is 28.8 Å². The number of hydrogen-bond donors (Lipinski definition) is 8. The first kappa shape index (κ1) is 41.5. The molecule has 2 aliphatic heterocycles. The fraction of sp³-hybridized carbons (Fsp3) is 0.400. The lowest BCUT2D eigenvalue weighted by Crippen LogP contribution is -2.58. The van der Waals surface area contributed by atoms with E-state index in [4.69, 9.17) is 9.47 Å². The highest BCUT2D eigenvalue weighted by molar-refractivity contribution is 5.94. The van der Waals surface area contributed by atoms with Crippen molar-refractivity contribution in [2.45, 2.75) is 63.1 Å². The Morgan fingerprint density at radius 2 is 0.946 bits per heavy atom. The number of carbonyl (C=O) groups is 6. The van der Waals surface area contributed by atoms with Gasteiger partial charge >= 0.3 is 0 Å². The molecule has 2 unspecified atom stereocenters. The molecule has 2 heterocycles. The van der Waals surface area contributed by atoms with E-state index in [1.165, 1.54) is 0 Å². The topological polar surface area (TPSA) is 217 Å². The number of carbonyl (C=O) groups excluding carboxylic acids is 6. The van der Waals surface area contributed by atoms with Gasteiger partial charge in [0, 0.05) is 37.3 Å². The van der Waals surface area contributed by atoms with Crippen molar-refractivity contribution in [1.82, 2.24) is 31.9 Å². The van der Waals surface area contributed by atoms with Crippen LogP contribution in [-0.4, -0.2) is 99.0 Å². The van der Waals surface area contributed by atoms with Gasteiger partial charge in [0.1, 0.15) is 12.1 Å². The third kappa shape index (κ3) is 13.9. The van der Waals surface area contributed by atoms with Gasteiger partial charge in [-0.25, -0.2) is 0 Å². The molecule has 6 amide bonds. The van der Waals surface area contributed by atoms with Crippen LogP contribution in [0.15, 0.2) is 84.9 Å². The highest BCUT2D eigenvalue weighted by Gasteiger charge is 2.30. The van der Waals surface area contributed by atoms with Crippen LogP contribution >= 0.6 is 0 Å². The van der Waals surface area contributed by atoms with Crippen molar-refractivity contribution in [2.24, 2.45) is 0 Å². The number of benzene rings is 3. The van der Waals surface area contributed by atoms with Crippen molar-refractivity contribution in [3.05, 3.63) is 96.1 Å². The Labute approximate surface area is 325 Å². The van der Waals surface area contributed by atoms with Gasteiger partial charge in [0.2, 0.25) is 35.4 Å². The van der Waals surface area contributed by atoms with E-state index in [2.05, 4.69) is 42.5 Å². The summed E-state index contributed by atoms with van der Waals surface area (Å²) in [6, 6.07) is 22.9. The van der Waals surface area contributed by atoms with Crippen LogP contribution in [0.3, 0.4) is 0 Å². The van der Waals surface area contributed by atoms with Gasteiger partial charge in [0.15, 0.2) is 0 Å². The molecule has 2 fully saturated rings. The van der Waals surface area contributed by atoms with E-state index >= 15 is 0 Å². The van der Waals surface area contributed by atoms with Crippen molar-refractivity contribution < 1.29 is 38.2 Å². The Balaban J connectivity index is 0.993. The number of hydrogen-bond acceptors (Lipinski definition) is 10. The summed E-state index contributed by atoms with van der Waals surface area (Å²) < 4.78 is 11.4. The Hall–Kier alpha value is -5.68. The minimum atomic E-state index is -0.931. The average molecular weight is 771 g/mol. The molecule has 8 N–H and O–H groups in total. The van der Waals surface area contributed by atoms with Crippen LogP contribution in [0.2, 0.25) is 0 Å². The number of nitrogens with one attached hydrogen (secondary N) is 8. The lowest BCUT2D eigenvalue weighted by Gasteiger charge is -2.28. The standard InChI is InChI=1S/C40H50N8O8/c49-35(17-21-43-37(51)33(47-39(53)31-15-19-41-31)25-55-23-27-7-3-1-4-8-27)45-29-11-13-30(14-12-29)46-36(50)18-22-44-38(52)34(48-40(54)32-16-20-42-32)26-56-24-28-9-5-2-6-10-28/h1-14,31-34,41-42H,15-26H2,(H,43,51)(H,44,52)(H,45,49)(H,46,50)(H,47,53)(H,48,54)/t31?,32?,33-,34-/m0/s1. The number of anilines is 2. The highest BCUT2D eigenvalue weighted by atomic mass is 16.5. The zero-order valence-electron chi connectivity index (χ0n) is 31.1. The summed E-state index contributed by atoms with van der Waals surface area (Å²) in [7, 11) is 0. The fourth-order valence-corrected chi connectivity index (χ4v) is 5.60. The lowest BCUT2D eigenvalue weighted by molar-refractivity contribution is -0.132. The average Bonchev–Trinajstić information content (AvgIpc) is 3.14. The molecule has 298 valence electrons. The summed E-state index contributed by atoms with van der Waals surface area (Å²) in [5.41, 5.74) is 2.84. The Morgan fingerprint density at radius 3 is 1.29 bits per heavy atom. The van der Waals surface area contributed by atoms with Gasteiger partial charge < -0.3 is 52.0 Å². The van der Waals surface area contributed by atoms with E-state index in [0.29, 0.717) is 24.2 Å². The Kier molecular flexibility index (Phi) is 16.3. The van der Waals surface area contributed by atoms with Crippen molar-refractivity contribution in [3.63, 3.8) is 0 Å². The van der Waals surface area contributed by atoms with E-state index in [0.717, 1.165) is 24.2 Å². The van der Waals surface area contributed by atoms with E-state index in [-0.39, 0.29) is 88.1 Å². The van der Waals surface area contributed by atoms with Crippen molar-refractivity contribution in [2.75, 3.05) is 50.0 Å². The molecule has 5 rings (SSSR count). The second-order valence-corrected chi connectivity index (χ2v) is 13.5. The van der Waals surface area contributed by atoms with Crippen LogP contribution in [0.25, 0.3) is 0 Å². The Bertz CT molecular complexity index is 1630. The monoisotopic (exact) mass is 770 g/mol. The maximum Gasteiger partial charge on any atom is 0.245 e. The zero-order valence-corrected chi connectivity index (χ0v) is 31.1. The van der Waals surface area contributed by atoms with Crippen LogP contribution in [0.1, 0.15) is 36.8 Å². The molecular formula is C40H50N8O8. The number of amides is 6. The van der Waals surface area contributed by atoms with Crippen LogP contribution in [-0.2, 0) is 51.5 Å². The Morgan fingerprint density at radius 1 is 0.571 bits per heavy atom. The van der Waals surface area contributed by atoms with E-state index in [9.17, 15) is 28.8 Å². The summed E-state index contributed by atoms with van der Waals surface area (Å²) in [4.78, 5) is 76.2. The summed E-state index contributed by atoms with van der Waals surface area (Å²) in [5.74, 6) is -2.17. The first-order valence-electron chi connectivity index (χ1n) is 18.8. The van der Waals surface area contributed by atoms with E-state index < -0.39 is 23.9 Å². The quantitative estimate of drug-likeness (QED) is 0.0716. The molecule has 0 bridgehead atoms. The molecule has 2 aliphatic rings. The van der Waals surface area contributed by atoms with E-state index in [1.807, 2.05) is 60.7 Å². The molecular weight excluding hydrogens is 720 g/mol. The predicted molar refractivity (Wildman–Crippen MR) is 208 cm³/mol. The zero-order chi connectivity index (χ0) is 39.5. The van der Waals surface area contributed by atoms with Gasteiger partial charge in [-0.15, -0.1) is 0 Å².